The molecule has 0 unspecified atom stereocenters. The van der Waals surface area contributed by atoms with E-state index in [2.05, 4.69) is 11.1 Å². The van der Waals surface area contributed by atoms with Gasteiger partial charge in [0.15, 0.2) is 5.16 Å². The highest BCUT2D eigenvalue weighted by atomic mass is 32.2. The van der Waals surface area contributed by atoms with Gasteiger partial charge in [-0.3, -0.25) is 4.79 Å². The number of carbonyl (C=O) groups is 1. The molecule has 1 aliphatic rings. The topological polar surface area (TPSA) is 71.2 Å². The van der Waals surface area contributed by atoms with Crippen LogP contribution in [0.4, 0.5) is 0 Å². The molecule has 0 spiro atoms. The van der Waals surface area contributed by atoms with Gasteiger partial charge >= 0.3 is 0 Å². The first kappa shape index (κ1) is 17.8. The number of aryl methyl sites for hydroxylation is 1. The van der Waals surface area contributed by atoms with Gasteiger partial charge in [-0.2, -0.15) is 5.26 Å². The fourth-order valence-electron chi connectivity index (χ4n) is 3.14. The number of morpholine rings is 1. The first-order valence-electron chi connectivity index (χ1n) is 8.46. The van der Waals surface area contributed by atoms with Gasteiger partial charge in [0, 0.05) is 19.6 Å². The molecule has 0 N–H and O–H groups in total. The largest absolute Gasteiger partial charge is 0.372 e. The Kier molecular flexibility index (Phi) is 5.61. The summed E-state index contributed by atoms with van der Waals surface area (Å²) in [6.07, 6.45) is 0.552. The van der Waals surface area contributed by atoms with E-state index < -0.39 is 0 Å². The fraction of sp³-hybridized carbons (Fsp3) is 0.500. The third kappa shape index (κ3) is 4.14. The van der Waals surface area contributed by atoms with Crippen LogP contribution in [0.1, 0.15) is 20.3 Å². The number of hydrogen-bond donors (Lipinski definition) is 0. The van der Waals surface area contributed by atoms with Crippen molar-refractivity contribution in [1.29, 1.82) is 5.26 Å². The quantitative estimate of drug-likeness (QED) is 0.769. The number of para-hydroxylation sites is 2. The molecule has 0 bridgehead atoms. The molecule has 2 atom stereocenters. The first-order valence-corrected chi connectivity index (χ1v) is 9.45. The highest BCUT2D eigenvalue weighted by Crippen LogP contribution is 2.25. The summed E-state index contributed by atoms with van der Waals surface area (Å²) >= 11 is 1.44. The van der Waals surface area contributed by atoms with Gasteiger partial charge in [0.05, 0.1) is 41.5 Å². The molecule has 2 heterocycles. The highest BCUT2D eigenvalue weighted by Gasteiger charge is 2.26. The van der Waals surface area contributed by atoms with Crippen molar-refractivity contribution in [2.24, 2.45) is 0 Å². The lowest BCUT2D eigenvalue weighted by Crippen LogP contribution is -2.48. The first-order chi connectivity index (χ1) is 12.1. The molecule has 1 aliphatic heterocycles. The summed E-state index contributed by atoms with van der Waals surface area (Å²) in [5.74, 6) is 0.445. The Morgan fingerprint density at radius 2 is 2.08 bits per heavy atom. The van der Waals surface area contributed by atoms with Gasteiger partial charge < -0.3 is 14.2 Å². The fourth-order valence-corrected chi connectivity index (χ4v) is 4.08. The SMILES string of the molecule is C[C@@H]1CN(C(=O)CSc2nc3ccccc3n2CCC#N)C[C@H](C)O1. The number of imidazole rings is 1. The number of rotatable bonds is 5. The lowest BCUT2D eigenvalue weighted by Gasteiger charge is -2.35. The van der Waals surface area contributed by atoms with Crippen molar-refractivity contribution in [2.75, 3.05) is 18.8 Å². The Balaban J connectivity index is 1.72. The third-order valence-corrected chi connectivity index (χ3v) is 5.12. The number of ether oxygens (including phenoxy) is 1. The number of nitrogens with zero attached hydrogens (tertiary/aromatic N) is 4. The van der Waals surface area contributed by atoms with Crippen molar-refractivity contribution < 1.29 is 9.53 Å². The van der Waals surface area contributed by atoms with Crippen molar-refractivity contribution in [2.45, 2.75) is 44.2 Å². The van der Waals surface area contributed by atoms with Gasteiger partial charge in [-0.1, -0.05) is 23.9 Å². The van der Waals surface area contributed by atoms with E-state index >= 15 is 0 Å². The number of carbonyl (C=O) groups excluding carboxylic acids is 1. The molecule has 1 saturated heterocycles. The summed E-state index contributed by atoms with van der Waals surface area (Å²) in [7, 11) is 0. The number of nitriles is 1. The minimum absolute atomic E-state index is 0.0675. The van der Waals surface area contributed by atoms with Crippen LogP contribution in [0, 0.1) is 11.3 Å². The summed E-state index contributed by atoms with van der Waals surface area (Å²) in [6, 6.07) is 10.0. The predicted molar refractivity (Wildman–Crippen MR) is 97.3 cm³/mol. The molecule has 1 amide bonds. The van der Waals surface area contributed by atoms with E-state index in [0.29, 0.717) is 31.8 Å². The number of thioether (sulfide) groups is 1. The molecule has 6 nitrogen and oxygen atoms in total. The molecule has 0 saturated carbocycles. The second kappa shape index (κ2) is 7.89. The molecule has 7 heteroatoms. The van der Waals surface area contributed by atoms with Crippen molar-refractivity contribution in [3.63, 3.8) is 0 Å². The Morgan fingerprint density at radius 3 is 2.80 bits per heavy atom. The van der Waals surface area contributed by atoms with Crippen LogP contribution in [0.5, 0.6) is 0 Å². The van der Waals surface area contributed by atoms with Crippen molar-refractivity contribution in [1.82, 2.24) is 14.5 Å². The standard InChI is InChI=1S/C18H22N4O2S/c1-13-10-21(11-14(2)24-13)17(23)12-25-18-20-15-6-3-4-7-16(15)22(18)9-5-8-19/h3-4,6-7,13-14H,5,9-12H2,1-2H3/t13-,14+. The summed E-state index contributed by atoms with van der Waals surface area (Å²) in [6.45, 7) is 5.83. The number of aromatic nitrogens is 2. The van der Waals surface area contributed by atoms with Crippen LogP contribution in [0.15, 0.2) is 29.4 Å². The summed E-state index contributed by atoms with van der Waals surface area (Å²) < 4.78 is 7.71. The summed E-state index contributed by atoms with van der Waals surface area (Å²) in [5.41, 5.74) is 1.89. The smallest absolute Gasteiger partial charge is 0.233 e. The van der Waals surface area contributed by atoms with E-state index in [1.54, 1.807) is 0 Å². The average molecular weight is 358 g/mol. The van der Waals surface area contributed by atoms with E-state index in [1.165, 1.54) is 11.8 Å². The second-order valence-electron chi connectivity index (χ2n) is 6.29. The minimum Gasteiger partial charge on any atom is -0.372 e. The van der Waals surface area contributed by atoms with Crippen LogP contribution in [0.2, 0.25) is 0 Å². The molecule has 1 aromatic carbocycles. The maximum absolute atomic E-state index is 12.6. The zero-order valence-corrected chi connectivity index (χ0v) is 15.3. The Bertz CT molecular complexity index is 788. The molecule has 1 aromatic heterocycles. The lowest BCUT2D eigenvalue weighted by molar-refractivity contribution is -0.140. The maximum atomic E-state index is 12.6. The number of hydrogen-bond acceptors (Lipinski definition) is 5. The van der Waals surface area contributed by atoms with E-state index in [9.17, 15) is 4.79 Å². The van der Waals surface area contributed by atoms with E-state index in [4.69, 9.17) is 10.00 Å². The van der Waals surface area contributed by atoms with Crippen LogP contribution in [0.3, 0.4) is 0 Å². The monoisotopic (exact) mass is 358 g/mol. The zero-order valence-electron chi connectivity index (χ0n) is 14.5. The Morgan fingerprint density at radius 1 is 1.36 bits per heavy atom. The van der Waals surface area contributed by atoms with Crippen LogP contribution in [-0.4, -0.2) is 51.4 Å². The van der Waals surface area contributed by atoms with Crippen LogP contribution < -0.4 is 0 Å². The van der Waals surface area contributed by atoms with Crippen molar-refractivity contribution in [3.05, 3.63) is 24.3 Å². The van der Waals surface area contributed by atoms with Gasteiger partial charge in [-0.25, -0.2) is 4.98 Å². The molecule has 1 fully saturated rings. The van der Waals surface area contributed by atoms with Crippen LogP contribution in [0.25, 0.3) is 11.0 Å². The second-order valence-corrected chi connectivity index (χ2v) is 7.23. The molecule has 25 heavy (non-hydrogen) atoms. The zero-order chi connectivity index (χ0) is 17.8. The highest BCUT2D eigenvalue weighted by molar-refractivity contribution is 7.99. The third-order valence-electron chi connectivity index (χ3n) is 4.16. The molecule has 3 rings (SSSR count). The molecule has 132 valence electrons. The average Bonchev–Trinajstić information content (AvgIpc) is 2.94. The normalized spacial score (nSPS) is 20.6. The molecular formula is C18H22N4O2S. The van der Waals surface area contributed by atoms with Gasteiger partial charge in [0.2, 0.25) is 5.91 Å². The minimum atomic E-state index is 0.0675. The van der Waals surface area contributed by atoms with Crippen molar-refractivity contribution >= 4 is 28.7 Å². The lowest BCUT2D eigenvalue weighted by atomic mass is 10.2. The summed E-state index contributed by atoms with van der Waals surface area (Å²) in [5, 5.41) is 9.69. The van der Waals surface area contributed by atoms with Gasteiger partial charge in [0.25, 0.3) is 0 Å². The Hall–Kier alpha value is -2.04. The van der Waals surface area contributed by atoms with Crippen LogP contribution >= 0.6 is 11.8 Å². The van der Waals surface area contributed by atoms with E-state index in [0.717, 1.165) is 16.2 Å². The number of benzene rings is 1. The number of fused-ring (bicyclic) bond motifs is 1. The summed E-state index contributed by atoms with van der Waals surface area (Å²) in [4.78, 5) is 19.1. The molecule has 0 aliphatic carbocycles. The van der Waals surface area contributed by atoms with Gasteiger partial charge in [0.1, 0.15) is 0 Å². The maximum Gasteiger partial charge on any atom is 0.233 e. The van der Waals surface area contributed by atoms with Crippen molar-refractivity contribution in [3.8, 4) is 6.07 Å². The number of amides is 1. The van der Waals surface area contributed by atoms with E-state index in [-0.39, 0.29) is 18.1 Å². The Labute approximate surface area is 151 Å². The van der Waals surface area contributed by atoms with Gasteiger partial charge in [-0.05, 0) is 26.0 Å². The molecule has 2 aromatic rings. The van der Waals surface area contributed by atoms with E-state index in [1.807, 2.05) is 47.6 Å². The predicted octanol–water partition coefficient (Wildman–Crippen LogP) is 2.68. The van der Waals surface area contributed by atoms with Crippen LogP contribution in [-0.2, 0) is 16.1 Å². The molecular weight excluding hydrogens is 336 g/mol. The molecule has 0 radical (unpaired) electrons. The van der Waals surface area contributed by atoms with Gasteiger partial charge in [-0.15, -0.1) is 0 Å².